The first kappa shape index (κ1) is 15.0. The lowest BCUT2D eigenvalue weighted by Gasteiger charge is -2.04. The number of nitrogens with one attached hydrogen (secondary N) is 1. The number of halogens is 1. The van der Waals surface area contributed by atoms with Crippen molar-refractivity contribution in [3.8, 4) is 10.6 Å². The van der Waals surface area contributed by atoms with E-state index in [-0.39, 0.29) is 11.7 Å². The monoisotopic (exact) mass is 403 g/mol. The molecule has 1 N–H and O–H groups in total. The minimum Gasteiger partial charge on any atom is -0.444 e. The van der Waals surface area contributed by atoms with Crippen molar-refractivity contribution in [1.29, 1.82) is 0 Å². The predicted octanol–water partition coefficient (Wildman–Crippen LogP) is 3.77. The Labute approximate surface area is 148 Å². The summed E-state index contributed by atoms with van der Waals surface area (Å²) in [4.78, 5) is 12.9. The summed E-state index contributed by atoms with van der Waals surface area (Å²) in [6.07, 6.45) is 0. The van der Waals surface area contributed by atoms with E-state index in [4.69, 9.17) is 4.42 Å². The fourth-order valence-corrected chi connectivity index (χ4v) is 3.38. The Morgan fingerprint density at radius 1 is 1.29 bits per heavy atom. The zero-order chi connectivity index (χ0) is 16.7. The average molecular weight is 404 g/mol. The summed E-state index contributed by atoms with van der Waals surface area (Å²) in [5.41, 5.74) is 1.55. The quantitative estimate of drug-likeness (QED) is 0.562. The molecule has 4 rings (SSSR count). The van der Waals surface area contributed by atoms with E-state index >= 15 is 0 Å². The summed E-state index contributed by atoms with van der Waals surface area (Å²) in [6, 6.07) is 10.7. The van der Waals surface area contributed by atoms with Crippen LogP contribution in [0.15, 0.2) is 45.5 Å². The molecule has 0 aliphatic rings. The van der Waals surface area contributed by atoms with Gasteiger partial charge in [-0.05, 0) is 47.1 Å². The highest BCUT2D eigenvalue weighted by Gasteiger charge is 2.13. The molecule has 0 atom stereocenters. The predicted molar refractivity (Wildman–Crippen MR) is 93.2 cm³/mol. The maximum absolute atomic E-state index is 12.2. The fraction of sp³-hybridized carbons (Fsp3) is 0.0667. The molecule has 0 spiro atoms. The van der Waals surface area contributed by atoms with Crippen molar-refractivity contribution in [1.82, 2.24) is 19.8 Å². The van der Waals surface area contributed by atoms with Crippen molar-refractivity contribution in [3.05, 3.63) is 52.7 Å². The summed E-state index contributed by atoms with van der Waals surface area (Å²) in [7, 11) is 0. The van der Waals surface area contributed by atoms with Gasteiger partial charge in [0.15, 0.2) is 16.3 Å². The van der Waals surface area contributed by atoms with E-state index in [0.717, 1.165) is 21.4 Å². The van der Waals surface area contributed by atoms with E-state index in [0.29, 0.717) is 10.4 Å². The number of aryl methyl sites for hydroxylation is 1. The Morgan fingerprint density at radius 2 is 2.17 bits per heavy atom. The number of benzene rings is 1. The van der Waals surface area contributed by atoms with Crippen LogP contribution in [-0.4, -0.2) is 25.7 Å². The standard InChI is InChI=1S/C15H10BrN5O2S/c1-8-18-19-15-21(8)20-14(24-15)9-3-2-4-10(7-9)17-13(22)11-5-6-12(16)23-11/h2-7H,1H3,(H,17,22). The largest absolute Gasteiger partial charge is 0.444 e. The third-order valence-corrected chi connectivity index (χ3v) is 4.69. The number of amides is 1. The molecule has 0 unspecified atom stereocenters. The highest BCUT2D eigenvalue weighted by atomic mass is 79.9. The number of carbonyl (C=O) groups is 1. The van der Waals surface area contributed by atoms with Crippen LogP contribution in [0, 0.1) is 6.92 Å². The van der Waals surface area contributed by atoms with Gasteiger partial charge in [-0.25, -0.2) is 0 Å². The van der Waals surface area contributed by atoms with E-state index in [1.54, 1.807) is 16.6 Å². The second-order valence-corrected chi connectivity index (χ2v) is 6.73. The molecule has 4 aromatic rings. The normalized spacial score (nSPS) is 11.1. The number of rotatable bonds is 3. The SMILES string of the molecule is Cc1nnc2sc(-c3cccc(NC(=O)c4ccc(Br)o4)c3)nn12. The van der Waals surface area contributed by atoms with E-state index in [1.807, 2.05) is 31.2 Å². The lowest BCUT2D eigenvalue weighted by atomic mass is 10.2. The van der Waals surface area contributed by atoms with Gasteiger partial charge in [-0.3, -0.25) is 4.79 Å². The number of hydrogen-bond acceptors (Lipinski definition) is 6. The molecule has 0 aliphatic heterocycles. The van der Waals surface area contributed by atoms with Crippen LogP contribution >= 0.6 is 27.3 Å². The van der Waals surface area contributed by atoms with Crippen LogP contribution < -0.4 is 5.32 Å². The lowest BCUT2D eigenvalue weighted by Crippen LogP contribution is -2.10. The molecule has 3 heterocycles. The lowest BCUT2D eigenvalue weighted by molar-refractivity contribution is 0.0995. The second kappa shape index (κ2) is 5.84. The molecular weight excluding hydrogens is 394 g/mol. The van der Waals surface area contributed by atoms with Crippen LogP contribution in [-0.2, 0) is 0 Å². The van der Waals surface area contributed by atoms with Gasteiger partial charge >= 0.3 is 0 Å². The van der Waals surface area contributed by atoms with Crippen LogP contribution in [0.5, 0.6) is 0 Å². The van der Waals surface area contributed by atoms with Crippen LogP contribution in [0.25, 0.3) is 15.5 Å². The number of nitrogens with zero attached hydrogens (tertiary/aromatic N) is 4. The molecule has 0 fully saturated rings. The average Bonchev–Trinajstić information content (AvgIpc) is 3.26. The molecule has 1 aromatic carbocycles. The van der Waals surface area contributed by atoms with Gasteiger partial charge in [0.2, 0.25) is 4.96 Å². The smallest absolute Gasteiger partial charge is 0.291 e. The third-order valence-electron chi connectivity index (χ3n) is 3.31. The Morgan fingerprint density at radius 3 is 2.92 bits per heavy atom. The van der Waals surface area contributed by atoms with Gasteiger partial charge in [0.1, 0.15) is 5.01 Å². The third kappa shape index (κ3) is 2.72. The first-order valence-corrected chi connectivity index (χ1v) is 8.57. The Hall–Kier alpha value is -2.52. The van der Waals surface area contributed by atoms with E-state index < -0.39 is 0 Å². The Kier molecular flexibility index (Phi) is 3.66. The van der Waals surface area contributed by atoms with Gasteiger partial charge < -0.3 is 9.73 Å². The molecule has 1 amide bonds. The molecule has 7 nitrogen and oxygen atoms in total. The van der Waals surface area contributed by atoms with Crippen LogP contribution in [0.1, 0.15) is 16.4 Å². The maximum atomic E-state index is 12.2. The minimum atomic E-state index is -0.313. The second-order valence-electron chi connectivity index (χ2n) is 4.99. The van der Waals surface area contributed by atoms with Crippen molar-refractivity contribution in [2.24, 2.45) is 0 Å². The van der Waals surface area contributed by atoms with Gasteiger partial charge in [0, 0.05) is 11.3 Å². The molecule has 0 saturated carbocycles. The highest BCUT2D eigenvalue weighted by Crippen LogP contribution is 2.27. The van der Waals surface area contributed by atoms with Crippen molar-refractivity contribution in [2.75, 3.05) is 5.32 Å². The zero-order valence-electron chi connectivity index (χ0n) is 12.4. The number of fused-ring (bicyclic) bond motifs is 1. The van der Waals surface area contributed by atoms with E-state index in [2.05, 4.69) is 36.5 Å². The maximum Gasteiger partial charge on any atom is 0.291 e. The molecular formula is C15H10BrN5O2S. The van der Waals surface area contributed by atoms with Gasteiger partial charge in [0.05, 0.1) is 0 Å². The number of anilines is 1. The molecule has 0 bridgehead atoms. The van der Waals surface area contributed by atoms with Gasteiger partial charge in [-0.2, -0.15) is 9.61 Å². The van der Waals surface area contributed by atoms with Crippen molar-refractivity contribution >= 4 is 43.8 Å². The summed E-state index contributed by atoms with van der Waals surface area (Å²) in [5.74, 6) is 0.661. The van der Waals surface area contributed by atoms with Crippen molar-refractivity contribution < 1.29 is 9.21 Å². The van der Waals surface area contributed by atoms with Gasteiger partial charge in [-0.15, -0.1) is 10.2 Å². The Bertz CT molecular complexity index is 1050. The number of carbonyl (C=O) groups excluding carboxylic acids is 1. The Balaban J connectivity index is 1.62. The summed E-state index contributed by atoms with van der Waals surface area (Å²) >= 11 is 4.62. The zero-order valence-corrected chi connectivity index (χ0v) is 14.8. The first-order valence-electron chi connectivity index (χ1n) is 6.96. The van der Waals surface area contributed by atoms with E-state index in [1.165, 1.54) is 11.3 Å². The fourth-order valence-electron chi connectivity index (χ4n) is 2.19. The number of aromatic nitrogens is 4. The van der Waals surface area contributed by atoms with E-state index in [9.17, 15) is 4.79 Å². The number of furan rings is 1. The van der Waals surface area contributed by atoms with Crippen molar-refractivity contribution in [2.45, 2.75) is 6.92 Å². The molecule has 24 heavy (non-hydrogen) atoms. The molecule has 0 saturated heterocycles. The molecule has 120 valence electrons. The number of hydrogen-bond donors (Lipinski definition) is 1. The topological polar surface area (TPSA) is 85.3 Å². The highest BCUT2D eigenvalue weighted by molar-refractivity contribution is 9.10. The summed E-state index contributed by atoms with van der Waals surface area (Å²) in [5, 5.41) is 16.1. The molecule has 9 heteroatoms. The van der Waals surface area contributed by atoms with Crippen molar-refractivity contribution in [3.63, 3.8) is 0 Å². The molecule has 0 radical (unpaired) electrons. The van der Waals surface area contributed by atoms with Crippen LogP contribution in [0.2, 0.25) is 0 Å². The summed E-state index contributed by atoms with van der Waals surface area (Å²) in [6.45, 7) is 1.85. The van der Waals surface area contributed by atoms with Crippen LogP contribution in [0.3, 0.4) is 0 Å². The molecule has 3 aromatic heterocycles. The molecule has 0 aliphatic carbocycles. The van der Waals surface area contributed by atoms with Crippen LogP contribution in [0.4, 0.5) is 5.69 Å². The summed E-state index contributed by atoms with van der Waals surface area (Å²) < 4.78 is 7.46. The first-order chi connectivity index (χ1) is 11.6. The van der Waals surface area contributed by atoms with Gasteiger partial charge in [0.25, 0.3) is 5.91 Å². The minimum absolute atomic E-state index is 0.238. The van der Waals surface area contributed by atoms with Gasteiger partial charge in [-0.1, -0.05) is 23.5 Å².